The van der Waals surface area contributed by atoms with Crippen LogP contribution in [-0.2, 0) is 10.0 Å². The maximum absolute atomic E-state index is 12.8. The molecule has 0 unspecified atom stereocenters. The molecule has 0 radical (unpaired) electrons. The Bertz CT molecular complexity index is 1060. The summed E-state index contributed by atoms with van der Waals surface area (Å²) < 4.78 is 66.5. The number of sulfonamides is 1. The predicted molar refractivity (Wildman–Crippen MR) is 112 cm³/mol. The summed E-state index contributed by atoms with van der Waals surface area (Å²) in [5, 5.41) is 2.76. The van der Waals surface area contributed by atoms with Crippen LogP contribution in [0.4, 0.5) is 18.9 Å². The zero-order chi connectivity index (χ0) is 22.8. The first-order chi connectivity index (χ1) is 14.5. The van der Waals surface area contributed by atoms with Gasteiger partial charge in [0.25, 0.3) is 15.9 Å². The van der Waals surface area contributed by atoms with E-state index in [1.54, 1.807) is 31.2 Å². The molecule has 2 aromatic rings. The van der Waals surface area contributed by atoms with Gasteiger partial charge in [-0.25, -0.2) is 8.42 Å². The summed E-state index contributed by atoms with van der Waals surface area (Å²) in [5.74, 6) is -1.82. The van der Waals surface area contributed by atoms with Gasteiger partial charge in [-0.1, -0.05) is 18.2 Å². The molecule has 1 amide bonds. The van der Waals surface area contributed by atoms with E-state index in [0.717, 1.165) is 5.56 Å². The van der Waals surface area contributed by atoms with Gasteiger partial charge in [0.15, 0.2) is 0 Å². The van der Waals surface area contributed by atoms with E-state index < -0.39 is 28.0 Å². The molecule has 31 heavy (non-hydrogen) atoms. The Morgan fingerprint density at radius 2 is 1.68 bits per heavy atom. The smallest absolute Gasteiger partial charge is 0.349 e. The van der Waals surface area contributed by atoms with Crippen molar-refractivity contribution < 1.29 is 26.4 Å². The highest BCUT2D eigenvalue weighted by Crippen LogP contribution is 2.37. The fourth-order valence-corrected chi connectivity index (χ4v) is 4.84. The number of carbonyl (C=O) groups is 1. The van der Waals surface area contributed by atoms with Crippen molar-refractivity contribution in [2.24, 2.45) is 5.92 Å². The first kappa shape index (κ1) is 23.1. The second-order valence-electron chi connectivity index (χ2n) is 8.02. The summed E-state index contributed by atoms with van der Waals surface area (Å²) in [6, 6.07) is 10.8. The van der Waals surface area contributed by atoms with E-state index in [2.05, 4.69) is 10.0 Å². The van der Waals surface area contributed by atoms with Gasteiger partial charge in [-0.05, 0) is 74.9 Å². The summed E-state index contributed by atoms with van der Waals surface area (Å²) in [6.07, 6.45) is -3.78. The molecule has 0 aliphatic heterocycles. The van der Waals surface area contributed by atoms with E-state index in [1.165, 1.54) is 12.1 Å². The van der Waals surface area contributed by atoms with E-state index in [0.29, 0.717) is 11.3 Å². The SMILES string of the molecule is Cc1cccc(NS(=O)(=O)c2ccc(C)c(C(=O)NC3CCC(C(F)(F)F)CC3)c2)c1. The standard InChI is InChI=1S/C22H25F3N2O3S/c1-14-4-3-5-18(12-14)27-31(29,30)19-11-6-15(2)20(13-19)21(28)26-17-9-7-16(8-10-17)22(23,24)25/h3-6,11-13,16-17,27H,7-10H2,1-2H3,(H,26,28). The van der Waals surface area contributed by atoms with E-state index in [-0.39, 0.29) is 42.2 Å². The number of alkyl halides is 3. The molecular weight excluding hydrogens is 429 g/mol. The van der Waals surface area contributed by atoms with Crippen molar-refractivity contribution in [3.05, 3.63) is 59.2 Å². The fourth-order valence-electron chi connectivity index (χ4n) is 3.76. The lowest BCUT2D eigenvalue weighted by Gasteiger charge is -2.30. The summed E-state index contributed by atoms with van der Waals surface area (Å²) >= 11 is 0. The summed E-state index contributed by atoms with van der Waals surface area (Å²) in [6.45, 7) is 3.52. The van der Waals surface area contributed by atoms with Crippen molar-refractivity contribution in [3.63, 3.8) is 0 Å². The number of benzene rings is 2. The lowest BCUT2D eigenvalue weighted by atomic mass is 9.85. The lowest BCUT2D eigenvalue weighted by molar-refractivity contribution is -0.182. The third kappa shape index (κ3) is 5.78. The van der Waals surface area contributed by atoms with Gasteiger partial charge in [-0.3, -0.25) is 9.52 Å². The van der Waals surface area contributed by atoms with Gasteiger partial charge in [-0.2, -0.15) is 13.2 Å². The number of rotatable bonds is 5. The molecule has 5 nitrogen and oxygen atoms in total. The molecule has 9 heteroatoms. The quantitative estimate of drug-likeness (QED) is 0.671. The summed E-state index contributed by atoms with van der Waals surface area (Å²) in [4.78, 5) is 12.7. The van der Waals surface area contributed by atoms with Crippen LogP contribution in [-0.4, -0.2) is 26.5 Å². The Kier molecular flexibility index (Phi) is 6.64. The van der Waals surface area contributed by atoms with Gasteiger partial charge < -0.3 is 5.32 Å². The largest absolute Gasteiger partial charge is 0.391 e. The normalized spacial score (nSPS) is 19.6. The molecule has 2 N–H and O–H groups in total. The van der Waals surface area contributed by atoms with Crippen LogP contribution in [0.15, 0.2) is 47.4 Å². The maximum Gasteiger partial charge on any atom is 0.391 e. The average molecular weight is 455 g/mol. The predicted octanol–water partition coefficient (Wildman–Crippen LogP) is 4.96. The molecule has 1 fully saturated rings. The first-order valence-electron chi connectivity index (χ1n) is 10.0. The second kappa shape index (κ2) is 8.90. The molecular formula is C22H25F3N2O3S. The molecule has 0 saturated heterocycles. The van der Waals surface area contributed by atoms with Crippen LogP contribution in [0.5, 0.6) is 0 Å². The molecule has 2 aromatic carbocycles. The zero-order valence-electron chi connectivity index (χ0n) is 17.3. The van der Waals surface area contributed by atoms with E-state index in [9.17, 15) is 26.4 Å². The van der Waals surface area contributed by atoms with E-state index in [4.69, 9.17) is 0 Å². The topological polar surface area (TPSA) is 75.3 Å². The molecule has 0 bridgehead atoms. The maximum atomic E-state index is 12.8. The van der Waals surface area contributed by atoms with Crippen molar-refractivity contribution in [2.45, 2.75) is 56.6 Å². The molecule has 0 atom stereocenters. The average Bonchev–Trinajstić information content (AvgIpc) is 2.67. The highest BCUT2D eigenvalue weighted by Gasteiger charge is 2.41. The Balaban J connectivity index is 1.72. The van der Waals surface area contributed by atoms with Crippen LogP contribution < -0.4 is 10.0 Å². The lowest BCUT2D eigenvalue weighted by Crippen LogP contribution is -2.40. The number of carbonyl (C=O) groups excluding carboxylic acids is 1. The van der Waals surface area contributed by atoms with Crippen molar-refractivity contribution in [1.82, 2.24) is 5.32 Å². The second-order valence-corrected chi connectivity index (χ2v) is 9.70. The Morgan fingerprint density at radius 1 is 1.00 bits per heavy atom. The van der Waals surface area contributed by atoms with Crippen LogP contribution >= 0.6 is 0 Å². The molecule has 168 valence electrons. The number of anilines is 1. The van der Waals surface area contributed by atoms with Crippen LogP contribution in [0.1, 0.15) is 47.2 Å². The van der Waals surface area contributed by atoms with Crippen LogP contribution in [0.3, 0.4) is 0 Å². The van der Waals surface area contributed by atoms with Crippen molar-refractivity contribution >= 4 is 21.6 Å². The third-order valence-corrected chi connectivity index (χ3v) is 6.94. The van der Waals surface area contributed by atoms with Crippen LogP contribution in [0.25, 0.3) is 0 Å². The molecule has 0 heterocycles. The van der Waals surface area contributed by atoms with Gasteiger partial charge in [0.05, 0.1) is 10.8 Å². The Hall–Kier alpha value is -2.55. The van der Waals surface area contributed by atoms with Gasteiger partial charge >= 0.3 is 6.18 Å². The molecule has 0 aromatic heterocycles. The minimum absolute atomic E-state index is 0.0255. The monoisotopic (exact) mass is 454 g/mol. The molecule has 1 aliphatic rings. The van der Waals surface area contributed by atoms with Crippen molar-refractivity contribution in [3.8, 4) is 0 Å². The van der Waals surface area contributed by atoms with E-state index in [1.807, 2.05) is 13.0 Å². The minimum atomic E-state index is -4.21. The number of aryl methyl sites for hydroxylation is 2. The fraction of sp³-hybridized carbons (Fsp3) is 0.409. The van der Waals surface area contributed by atoms with Gasteiger partial charge in [0.1, 0.15) is 0 Å². The number of hydrogen-bond acceptors (Lipinski definition) is 3. The Labute approximate surface area is 180 Å². The Morgan fingerprint density at radius 3 is 2.29 bits per heavy atom. The van der Waals surface area contributed by atoms with Gasteiger partial charge in [-0.15, -0.1) is 0 Å². The number of nitrogens with one attached hydrogen (secondary N) is 2. The van der Waals surface area contributed by atoms with Crippen LogP contribution in [0.2, 0.25) is 0 Å². The number of halogens is 3. The summed E-state index contributed by atoms with van der Waals surface area (Å²) in [5.41, 5.74) is 2.07. The minimum Gasteiger partial charge on any atom is -0.349 e. The van der Waals surface area contributed by atoms with Gasteiger partial charge in [0.2, 0.25) is 0 Å². The third-order valence-electron chi connectivity index (χ3n) is 5.56. The van der Waals surface area contributed by atoms with Crippen molar-refractivity contribution in [2.75, 3.05) is 4.72 Å². The van der Waals surface area contributed by atoms with Crippen molar-refractivity contribution in [1.29, 1.82) is 0 Å². The molecule has 3 rings (SSSR count). The van der Waals surface area contributed by atoms with Crippen LogP contribution in [0, 0.1) is 19.8 Å². The molecule has 1 aliphatic carbocycles. The van der Waals surface area contributed by atoms with E-state index >= 15 is 0 Å². The first-order valence-corrected chi connectivity index (χ1v) is 11.5. The molecule has 0 spiro atoms. The zero-order valence-corrected chi connectivity index (χ0v) is 18.1. The van der Waals surface area contributed by atoms with Gasteiger partial charge in [0, 0.05) is 17.3 Å². The number of hydrogen-bond donors (Lipinski definition) is 2. The highest BCUT2D eigenvalue weighted by atomic mass is 32.2. The summed E-state index contributed by atoms with van der Waals surface area (Å²) in [7, 11) is -3.91. The number of amides is 1. The molecule has 1 saturated carbocycles. The highest BCUT2D eigenvalue weighted by molar-refractivity contribution is 7.92.